The summed E-state index contributed by atoms with van der Waals surface area (Å²) in [6.45, 7) is 2.52. The highest BCUT2D eigenvalue weighted by molar-refractivity contribution is 6.23. The molecule has 0 aromatic rings. The van der Waals surface area contributed by atoms with Crippen LogP contribution in [0.5, 0.6) is 0 Å². The Kier molecular flexibility index (Phi) is 4.69. The van der Waals surface area contributed by atoms with E-state index in [9.17, 15) is 9.59 Å². The molecule has 0 aromatic heterocycles. The number of halogens is 1. The number of ketones is 2. The standard InChI is InChI=1S/C18H27ClN2O5/c1-8-5-10-9(7-21(2)20-10)16(22)18(8)17(23)13-11(24-3)6-12(25-4)14(19)15(13)26-18/h8-15,20H,5-7H2,1-4H3/t8-,9?,10?,11?,12?,13?,14?,15?,18+/m1/s1. The SMILES string of the molecule is COC1CC(OC)C2C(=O)[C@@]3(OC2C1Cl)C(=O)C1CN(C)NC1C[C@H]3C. The third-order valence-electron chi connectivity index (χ3n) is 6.83. The minimum Gasteiger partial charge on any atom is -0.380 e. The Balaban J connectivity index is 1.71. The zero-order chi connectivity index (χ0) is 18.8. The van der Waals surface area contributed by atoms with Crippen LogP contribution < -0.4 is 5.43 Å². The van der Waals surface area contributed by atoms with Gasteiger partial charge in [-0.1, -0.05) is 6.92 Å². The van der Waals surface area contributed by atoms with E-state index in [4.69, 9.17) is 25.8 Å². The zero-order valence-corrected chi connectivity index (χ0v) is 16.4. The lowest BCUT2D eigenvalue weighted by atomic mass is 9.65. The van der Waals surface area contributed by atoms with E-state index in [0.29, 0.717) is 19.4 Å². The number of fused-ring (bicyclic) bond motifs is 2. The van der Waals surface area contributed by atoms with E-state index < -0.39 is 23.0 Å². The Morgan fingerprint density at radius 1 is 1.19 bits per heavy atom. The molecular formula is C18H27ClN2O5. The predicted molar refractivity (Wildman–Crippen MR) is 93.8 cm³/mol. The number of nitrogens with zero attached hydrogens (tertiary/aromatic N) is 1. The van der Waals surface area contributed by atoms with E-state index >= 15 is 0 Å². The summed E-state index contributed by atoms with van der Waals surface area (Å²) >= 11 is 6.61. The third-order valence-corrected chi connectivity index (χ3v) is 7.36. The van der Waals surface area contributed by atoms with Crippen LogP contribution in [-0.2, 0) is 23.8 Å². The summed E-state index contributed by atoms with van der Waals surface area (Å²) in [6.07, 6.45) is 0.0417. The maximum Gasteiger partial charge on any atom is 0.188 e. The van der Waals surface area contributed by atoms with Gasteiger partial charge in [0.15, 0.2) is 17.2 Å². The Labute approximate surface area is 158 Å². The molecule has 8 heteroatoms. The molecule has 1 N–H and O–H groups in total. The number of Topliss-reactive ketones (excluding diaryl/α,β-unsaturated/α-hetero) is 2. The normalized spacial score (nSPS) is 51.7. The van der Waals surface area contributed by atoms with Crippen molar-refractivity contribution in [1.29, 1.82) is 0 Å². The molecule has 2 aliphatic heterocycles. The molecule has 0 bridgehead atoms. The summed E-state index contributed by atoms with van der Waals surface area (Å²) < 4.78 is 17.4. The molecular weight excluding hydrogens is 360 g/mol. The molecule has 146 valence electrons. The largest absolute Gasteiger partial charge is 0.380 e. The number of ether oxygens (including phenoxy) is 3. The van der Waals surface area contributed by atoms with Crippen molar-refractivity contribution in [2.75, 3.05) is 27.8 Å². The van der Waals surface area contributed by atoms with Gasteiger partial charge in [0, 0.05) is 46.2 Å². The molecule has 26 heavy (non-hydrogen) atoms. The van der Waals surface area contributed by atoms with Crippen molar-refractivity contribution in [2.45, 2.75) is 55.1 Å². The van der Waals surface area contributed by atoms with Gasteiger partial charge in [-0.15, -0.1) is 11.6 Å². The van der Waals surface area contributed by atoms with Gasteiger partial charge in [-0.05, 0) is 6.42 Å². The van der Waals surface area contributed by atoms with Crippen molar-refractivity contribution >= 4 is 23.2 Å². The second kappa shape index (κ2) is 6.50. The molecule has 7 nitrogen and oxygen atoms in total. The lowest BCUT2D eigenvalue weighted by Crippen LogP contribution is -2.61. The van der Waals surface area contributed by atoms with Crippen molar-refractivity contribution < 1.29 is 23.8 Å². The van der Waals surface area contributed by atoms with E-state index in [-0.39, 0.29) is 41.7 Å². The molecule has 1 spiro atoms. The lowest BCUT2D eigenvalue weighted by molar-refractivity contribution is -0.168. The predicted octanol–water partition coefficient (Wildman–Crippen LogP) is 0.394. The number of carbonyl (C=O) groups excluding carboxylic acids is 2. The number of carbonyl (C=O) groups is 2. The van der Waals surface area contributed by atoms with Crippen LogP contribution >= 0.6 is 11.6 Å². The number of hydrazine groups is 1. The minimum absolute atomic E-state index is 0.0592. The molecule has 2 heterocycles. The summed E-state index contributed by atoms with van der Waals surface area (Å²) in [5.41, 5.74) is 1.91. The highest BCUT2D eigenvalue weighted by Gasteiger charge is 2.69. The van der Waals surface area contributed by atoms with E-state index in [1.807, 2.05) is 19.0 Å². The number of nitrogens with one attached hydrogen (secondary N) is 1. The maximum absolute atomic E-state index is 13.6. The number of hydrogen-bond acceptors (Lipinski definition) is 7. The highest BCUT2D eigenvalue weighted by Crippen LogP contribution is 2.51. The van der Waals surface area contributed by atoms with Gasteiger partial charge in [0.25, 0.3) is 0 Å². The van der Waals surface area contributed by atoms with Crippen LogP contribution in [-0.4, -0.2) is 79.7 Å². The van der Waals surface area contributed by atoms with Crippen LogP contribution in [0.1, 0.15) is 19.8 Å². The van der Waals surface area contributed by atoms with Gasteiger partial charge in [0.05, 0.1) is 35.5 Å². The average molecular weight is 387 g/mol. The summed E-state index contributed by atoms with van der Waals surface area (Å²) in [5.74, 6) is -1.24. The quantitative estimate of drug-likeness (QED) is 0.543. The van der Waals surface area contributed by atoms with Crippen molar-refractivity contribution in [3.8, 4) is 0 Å². The lowest BCUT2D eigenvalue weighted by Gasteiger charge is -2.41. The van der Waals surface area contributed by atoms with Gasteiger partial charge >= 0.3 is 0 Å². The van der Waals surface area contributed by atoms with Crippen LogP contribution in [0.3, 0.4) is 0 Å². The summed E-state index contributed by atoms with van der Waals surface area (Å²) in [5, 5.41) is 1.44. The average Bonchev–Trinajstić information content (AvgIpc) is 3.13. The number of methoxy groups -OCH3 is 2. The molecule has 0 aromatic carbocycles. The van der Waals surface area contributed by atoms with Gasteiger partial charge in [-0.2, -0.15) is 0 Å². The van der Waals surface area contributed by atoms with Gasteiger partial charge < -0.3 is 14.2 Å². The molecule has 9 atom stereocenters. The number of alkyl halides is 1. The Hall–Kier alpha value is -0.570. The van der Waals surface area contributed by atoms with Crippen molar-refractivity contribution in [1.82, 2.24) is 10.4 Å². The molecule has 0 amide bonds. The van der Waals surface area contributed by atoms with Crippen LogP contribution in [0, 0.1) is 17.8 Å². The molecule has 2 saturated heterocycles. The first-order valence-corrected chi connectivity index (χ1v) is 9.72. The summed E-state index contributed by atoms with van der Waals surface area (Å²) in [4.78, 5) is 27.0. The minimum atomic E-state index is -1.41. The summed E-state index contributed by atoms with van der Waals surface area (Å²) in [7, 11) is 5.09. The Morgan fingerprint density at radius 2 is 1.88 bits per heavy atom. The monoisotopic (exact) mass is 386 g/mol. The topological polar surface area (TPSA) is 77.1 Å². The second-order valence-electron chi connectivity index (χ2n) is 8.16. The zero-order valence-electron chi connectivity index (χ0n) is 15.6. The second-order valence-corrected chi connectivity index (χ2v) is 8.66. The van der Waals surface area contributed by atoms with E-state index in [1.165, 1.54) is 0 Å². The van der Waals surface area contributed by atoms with Gasteiger partial charge in [0.1, 0.15) is 0 Å². The highest BCUT2D eigenvalue weighted by atomic mass is 35.5. The van der Waals surface area contributed by atoms with Crippen LogP contribution in [0.15, 0.2) is 0 Å². The molecule has 7 unspecified atom stereocenters. The maximum atomic E-state index is 13.6. The first-order chi connectivity index (χ1) is 12.3. The van der Waals surface area contributed by atoms with Gasteiger partial charge in [-0.25, -0.2) is 5.01 Å². The van der Waals surface area contributed by atoms with Crippen LogP contribution in [0.25, 0.3) is 0 Å². The van der Waals surface area contributed by atoms with Gasteiger partial charge in [0.2, 0.25) is 0 Å². The number of hydrogen-bond donors (Lipinski definition) is 1. The van der Waals surface area contributed by atoms with Gasteiger partial charge in [-0.3, -0.25) is 15.0 Å². The molecule has 0 radical (unpaired) electrons. The van der Waals surface area contributed by atoms with Crippen molar-refractivity contribution in [2.24, 2.45) is 17.8 Å². The first kappa shape index (κ1) is 18.8. The molecule has 2 aliphatic carbocycles. The molecule has 4 aliphatic rings. The number of rotatable bonds is 2. The van der Waals surface area contributed by atoms with Crippen LogP contribution in [0.4, 0.5) is 0 Å². The Bertz CT molecular complexity index is 618. The Morgan fingerprint density at radius 3 is 2.54 bits per heavy atom. The van der Waals surface area contributed by atoms with E-state index in [1.54, 1.807) is 14.2 Å². The fourth-order valence-electron chi connectivity index (χ4n) is 5.51. The first-order valence-electron chi connectivity index (χ1n) is 9.28. The van der Waals surface area contributed by atoms with E-state index in [0.717, 1.165) is 0 Å². The van der Waals surface area contributed by atoms with Crippen molar-refractivity contribution in [3.05, 3.63) is 0 Å². The fraction of sp³-hybridized carbons (Fsp3) is 0.889. The van der Waals surface area contributed by atoms with E-state index in [2.05, 4.69) is 5.43 Å². The fourth-order valence-corrected chi connectivity index (χ4v) is 5.92. The molecule has 2 saturated carbocycles. The smallest absolute Gasteiger partial charge is 0.188 e. The van der Waals surface area contributed by atoms with Crippen LogP contribution in [0.2, 0.25) is 0 Å². The summed E-state index contributed by atoms with van der Waals surface area (Å²) in [6, 6.07) is 0.0592. The van der Waals surface area contributed by atoms with Crippen molar-refractivity contribution in [3.63, 3.8) is 0 Å². The molecule has 4 rings (SSSR count). The third kappa shape index (κ3) is 2.38. The molecule has 4 fully saturated rings.